The molecule has 1 aliphatic heterocycles. The Balaban J connectivity index is 2.04. The Bertz CT molecular complexity index is 167. The fraction of sp³-hybridized carbons (Fsp3) is 1.00. The topological polar surface area (TPSA) is 47.3 Å². The number of ether oxygens (including phenoxy) is 1. The Morgan fingerprint density at radius 1 is 1.53 bits per heavy atom. The predicted octanol–water partition coefficient (Wildman–Crippen LogP) is 1.66. The molecule has 1 saturated heterocycles. The molecule has 2 atom stereocenters. The molecule has 0 aliphatic carbocycles. The van der Waals surface area contributed by atoms with E-state index in [2.05, 4.69) is 19.2 Å². The minimum absolute atomic E-state index is 0.0600. The van der Waals surface area contributed by atoms with E-state index in [0.29, 0.717) is 6.04 Å². The molecular formula is C12H26N2O. The van der Waals surface area contributed by atoms with E-state index >= 15 is 0 Å². The Kier molecular flexibility index (Phi) is 5.58. The van der Waals surface area contributed by atoms with Gasteiger partial charge in [-0.2, -0.15) is 0 Å². The molecule has 0 aromatic heterocycles. The smallest absolute Gasteiger partial charge is 0.0779 e. The first-order valence-electron chi connectivity index (χ1n) is 6.26. The molecule has 0 radical (unpaired) electrons. The standard InChI is InChI=1S/C12H26N2O/c1-3-4-6-11(13)9-14-10-12(2)7-5-8-15-12/h11,14H,3-10,13H2,1-2H3. The van der Waals surface area contributed by atoms with Gasteiger partial charge in [0.05, 0.1) is 5.60 Å². The van der Waals surface area contributed by atoms with Crippen LogP contribution in [-0.4, -0.2) is 31.3 Å². The van der Waals surface area contributed by atoms with Crippen LogP contribution in [0, 0.1) is 0 Å². The molecule has 0 amide bonds. The Morgan fingerprint density at radius 3 is 2.93 bits per heavy atom. The van der Waals surface area contributed by atoms with Gasteiger partial charge in [0.25, 0.3) is 0 Å². The van der Waals surface area contributed by atoms with Gasteiger partial charge in [-0.25, -0.2) is 0 Å². The van der Waals surface area contributed by atoms with Gasteiger partial charge in [-0.15, -0.1) is 0 Å². The summed E-state index contributed by atoms with van der Waals surface area (Å²) in [5.74, 6) is 0. The summed E-state index contributed by atoms with van der Waals surface area (Å²) in [6.45, 7) is 7.16. The molecule has 0 aromatic carbocycles. The van der Waals surface area contributed by atoms with Gasteiger partial charge in [-0.05, 0) is 26.2 Å². The summed E-state index contributed by atoms with van der Waals surface area (Å²) < 4.78 is 5.70. The lowest BCUT2D eigenvalue weighted by molar-refractivity contribution is 0.0208. The first-order valence-corrected chi connectivity index (χ1v) is 6.26. The van der Waals surface area contributed by atoms with Gasteiger partial charge in [0.15, 0.2) is 0 Å². The number of nitrogens with two attached hydrogens (primary N) is 1. The highest BCUT2D eigenvalue weighted by atomic mass is 16.5. The Hall–Kier alpha value is -0.120. The summed E-state index contributed by atoms with van der Waals surface area (Å²) in [5.41, 5.74) is 6.04. The van der Waals surface area contributed by atoms with E-state index in [1.165, 1.54) is 25.7 Å². The van der Waals surface area contributed by atoms with Gasteiger partial charge >= 0.3 is 0 Å². The van der Waals surface area contributed by atoms with Crippen molar-refractivity contribution >= 4 is 0 Å². The van der Waals surface area contributed by atoms with E-state index in [-0.39, 0.29) is 5.60 Å². The van der Waals surface area contributed by atoms with Crippen molar-refractivity contribution in [3.05, 3.63) is 0 Å². The van der Waals surface area contributed by atoms with Crippen LogP contribution in [0.3, 0.4) is 0 Å². The molecule has 15 heavy (non-hydrogen) atoms. The molecule has 3 nitrogen and oxygen atoms in total. The van der Waals surface area contributed by atoms with Gasteiger partial charge in [0.2, 0.25) is 0 Å². The van der Waals surface area contributed by atoms with Crippen molar-refractivity contribution in [2.24, 2.45) is 5.73 Å². The number of nitrogens with one attached hydrogen (secondary N) is 1. The summed E-state index contributed by atoms with van der Waals surface area (Å²) in [7, 11) is 0. The summed E-state index contributed by atoms with van der Waals surface area (Å²) in [4.78, 5) is 0. The first-order chi connectivity index (χ1) is 7.16. The van der Waals surface area contributed by atoms with Crippen LogP contribution in [0.4, 0.5) is 0 Å². The molecule has 3 heteroatoms. The van der Waals surface area contributed by atoms with Crippen LogP contribution in [0.1, 0.15) is 46.0 Å². The van der Waals surface area contributed by atoms with Crippen molar-refractivity contribution < 1.29 is 4.74 Å². The lowest BCUT2D eigenvalue weighted by atomic mass is 10.0. The van der Waals surface area contributed by atoms with Crippen LogP contribution in [0.15, 0.2) is 0 Å². The number of unbranched alkanes of at least 4 members (excludes halogenated alkanes) is 1. The summed E-state index contributed by atoms with van der Waals surface area (Å²) in [6, 6.07) is 0.301. The van der Waals surface area contributed by atoms with Gasteiger partial charge in [-0.3, -0.25) is 0 Å². The number of hydrogen-bond acceptors (Lipinski definition) is 3. The van der Waals surface area contributed by atoms with Crippen molar-refractivity contribution in [2.75, 3.05) is 19.7 Å². The zero-order valence-corrected chi connectivity index (χ0v) is 10.2. The van der Waals surface area contributed by atoms with E-state index in [1.807, 2.05) is 0 Å². The monoisotopic (exact) mass is 214 g/mol. The van der Waals surface area contributed by atoms with Crippen LogP contribution in [0.5, 0.6) is 0 Å². The Labute approximate surface area is 93.8 Å². The van der Waals surface area contributed by atoms with Gasteiger partial charge < -0.3 is 15.8 Å². The van der Waals surface area contributed by atoms with Gasteiger partial charge in [0, 0.05) is 25.7 Å². The average molecular weight is 214 g/mol. The highest BCUT2D eigenvalue weighted by Crippen LogP contribution is 2.23. The highest BCUT2D eigenvalue weighted by Gasteiger charge is 2.29. The normalized spacial score (nSPS) is 28.2. The maximum absolute atomic E-state index is 5.98. The van der Waals surface area contributed by atoms with Gasteiger partial charge in [-0.1, -0.05) is 19.8 Å². The molecule has 0 aromatic rings. The second kappa shape index (κ2) is 6.46. The first kappa shape index (κ1) is 12.9. The molecule has 3 N–H and O–H groups in total. The third-order valence-corrected chi connectivity index (χ3v) is 3.13. The molecule has 0 spiro atoms. The van der Waals surface area contributed by atoms with Crippen molar-refractivity contribution in [1.82, 2.24) is 5.32 Å². The maximum Gasteiger partial charge on any atom is 0.0779 e. The molecule has 90 valence electrons. The van der Waals surface area contributed by atoms with E-state index in [9.17, 15) is 0 Å². The molecule has 0 bridgehead atoms. The predicted molar refractivity (Wildman–Crippen MR) is 64.0 cm³/mol. The minimum Gasteiger partial charge on any atom is -0.374 e. The van der Waals surface area contributed by atoms with E-state index in [0.717, 1.165) is 26.1 Å². The minimum atomic E-state index is 0.0600. The summed E-state index contributed by atoms with van der Waals surface area (Å²) in [6.07, 6.45) is 5.95. The van der Waals surface area contributed by atoms with E-state index in [1.54, 1.807) is 0 Å². The van der Waals surface area contributed by atoms with E-state index < -0.39 is 0 Å². The van der Waals surface area contributed by atoms with Crippen LogP contribution in [0.2, 0.25) is 0 Å². The fourth-order valence-electron chi connectivity index (χ4n) is 2.07. The molecule has 1 fully saturated rings. The maximum atomic E-state index is 5.98. The average Bonchev–Trinajstić information content (AvgIpc) is 2.62. The molecule has 0 saturated carbocycles. The third kappa shape index (κ3) is 4.96. The molecular weight excluding hydrogens is 188 g/mol. The number of hydrogen-bond donors (Lipinski definition) is 2. The van der Waals surface area contributed by atoms with Crippen LogP contribution in [0.25, 0.3) is 0 Å². The third-order valence-electron chi connectivity index (χ3n) is 3.13. The zero-order chi connectivity index (χ0) is 11.1. The Morgan fingerprint density at radius 2 is 2.33 bits per heavy atom. The van der Waals surface area contributed by atoms with Crippen LogP contribution in [-0.2, 0) is 4.74 Å². The molecule has 1 heterocycles. The SMILES string of the molecule is CCCCC(N)CNCC1(C)CCCO1. The van der Waals surface area contributed by atoms with Crippen molar-refractivity contribution in [2.45, 2.75) is 57.6 Å². The number of rotatable bonds is 7. The summed E-state index contributed by atoms with van der Waals surface area (Å²) >= 11 is 0. The molecule has 1 rings (SSSR count). The summed E-state index contributed by atoms with van der Waals surface area (Å²) in [5, 5.41) is 3.43. The molecule has 2 unspecified atom stereocenters. The second-order valence-corrected chi connectivity index (χ2v) is 4.94. The van der Waals surface area contributed by atoms with Crippen molar-refractivity contribution in [1.29, 1.82) is 0 Å². The quantitative estimate of drug-likeness (QED) is 0.677. The van der Waals surface area contributed by atoms with Crippen LogP contribution < -0.4 is 11.1 Å². The second-order valence-electron chi connectivity index (χ2n) is 4.94. The zero-order valence-electron chi connectivity index (χ0n) is 10.2. The van der Waals surface area contributed by atoms with Crippen molar-refractivity contribution in [3.63, 3.8) is 0 Å². The largest absolute Gasteiger partial charge is 0.374 e. The highest BCUT2D eigenvalue weighted by molar-refractivity contribution is 4.83. The lowest BCUT2D eigenvalue weighted by Crippen LogP contribution is -2.42. The molecule has 1 aliphatic rings. The van der Waals surface area contributed by atoms with Crippen LogP contribution >= 0.6 is 0 Å². The van der Waals surface area contributed by atoms with Gasteiger partial charge in [0.1, 0.15) is 0 Å². The van der Waals surface area contributed by atoms with Crippen molar-refractivity contribution in [3.8, 4) is 0 Å². The fourth-order valence-corrected chi connectivity index (χ4v) is 2.07. The van der Waals surface area contributed by atoms with E-state index in [4.69, 9.17) is 10.5 Å². The lowest BCUT2D eigenvalue weighted by Gasteiger charge is -2.24.